The zero-order valence-electron chi connectivity index (χ0n) is 11.3. The second-order valence-electron chi connectivity index (χ2n) is 5.06. The Morgan fingerprint density at radius 2 is 2.44 bits per heavy atom. The average molecular weight is 268 g/mol. The SMILES string of the molecule is CCC(N)C(c1cccs1)N1CCCOC(C)C1. The number of nitrogens with zero attached hydrogens (tertiary/aromatic N) is 1. The van der Waals surface area contributed by atoms with Gasteiger partial charge in [-0.25, -0.2) is 0 Å². The molecule has 0 aliphatic carbocycles. The van der Waals surface area contributed by atoms with E-state index in [0.717, 1.165) is 32.5 Å². The minimum Gasteiger partial charge on any atom is -0.377 e. The van der Waals surface area contributed by atoms with E-state index in [1.165, 1.54) is 4.88 Å². The van der Waals surface area contributed by atoms with Crippen molar-refractivity contribution in [3.8, 4) is 0 Å². The largest absolute Gasteiger partial charge is 0.377 e. The summed E-state index contributed by atoms with van der Waals surface area (Å²) in [5.41, 5.74) is 6.36. The van der Waals surface area contributed by atoms with Crippen molar-refractivity contribution >= 4 is 11.3 Å². The number of ether oxygens (including phenoxy) is 1. The van der Waals surface area contributed by atoms with Crippen molar-refractivity contribution in [2.45, 2.75) is 44.9 Å². The monoisotopic (exact) mass is 268 g/mol. The summed E-state index contributed by atoms with van der Waals surface area (Å²) in [6.07, 6.45) is 2.41. The van der Waals surface area contributed by atoms with E-state index in [9.17, 15) is 0 Å². The third-order valence-electron chi connectivity index (χ3n) is 3.59. The van der Waals surface area contributed by atoms with Crippen LogP contribution < -0.4 is 5.73 Å². The van der Waals surface area contributed by atoms with E-state index >= 15 is 0 Å². The van der Waals surface area contributed by atoms with Crippen LogP contribution in [0.1, 0.15) is 37.6 Å². The Bertz CT molecular complexity index is 342. The summed E-state index contributed by atoms with van der Waals surface area (Å²) < 4.78 is 5.73. The van der Waals surface area contributed by atoms with E-state index in [1.54, 1.807) is 0 Å². The standard InChI is InChI=1S/C14H24N2OS/c1-3-12(15)14(13-6-4-9-18-13)16-7-5-8-17-11(2)10-16/h4,6,9,11-12,14H,3,5,7-8,10,15H2,1-2H3. The number of rotatable bonds is 4. The molecule has 1 aromatic rings. The molecule has 4 heteroatoms. The van der Waals surface area contributed by atoms with Gasteiger partial charge in [0.15, 0.2) is 0 Å². The second-order valence-corrected chi connectivity index (χ2v) is 6.04. The molecule has 1 aliphatic rings. The van der Waals surface area contributed by atoms with Crippen molar-refractivity contribution in [1.82, 2.24) is 4.90 Å². The minimum absolute atomic E-state index is 0.203. The first kappa shape index (κ1) is 14.0. The molecule has 0 saturated carbocycles. The number of thiophene rings is 1. The fourth-order valence-corrected chi connectivity index (χ4v) is 3.56. The Morgan fingerprint density at radius 1 is 1.61 bits per heavy atom. The topological polar surface area (TPSA) is 38.5 Å². The molecule has 0 radical (unpaired) electrons. The number of hydrogen-bond acceptors (Lipinski definition) is 4. The zero-order chi connectivity index (χ0) is 13.0. The van der Waals surface area contributed by atoms with Crippen LogP contribution in [0.15, 0.2) is 17.5 Å². The molecular formula is C14H24N2OS. The smallest absolute Gasteiger partial charge is 0.0674 e. The van der Waals surface area contributed by atoms with Gasteiger partial charge in [0.1, 0.15) is 0 Å². The quantitative estimate of drug-likeness (QED) is 0.912. The Hall–Kier alpha value is -0.420. The molecule has 1 aromatic heterocycles. The van der Waals surface area contributed by atoms with Gasteiger partial charge in [-0.3, -0.25) is 4.90 Å². The Balaban J connectivity index is 2.17. The fraction of sp³-hybridized carbons (Fsp3) is 0.714. The van der Waals surface area contributed by atoms with E-state index in [2.05, 4.69) is 36.3 Å². The molecule has 2 heterocycles. The summed E-state index contributed by atoms with van der Waals surface area (Å²) in [6, 6.07) is 4.88. The third-order valence-corrected chi connectivity index (χ3v) is 4.53. The highest BCUT2D eigenvalue weighted by Gasteiger charge is 2.28. The van der Waals surface area contributed by atoms with Gasteiger partial charge in [-0.2, -0.15) is 0 Å². The van der Waals surface area contributed by atoms with Gasteiger partial charge in [-0.1, -0.05) is 13.0 Å². The maximum Gasteiger partial charge on any atom is 0.0674 e. The Labute approximate surface area is 114 Å². The van der Waals surface area contributed by atoms with Gasteiger partial charge >= 0.3 is 0 Å². The highest BCUT2D eigenvalue weighted by atomic mass is 32.1. The first-order chi connectivity index (χ1) is 8.72. The van der Waals surface area contributed by atoms with Crippen molar-refractivity contribution in [2.75, 3.05) is 19.7 Å². The van der Waals surface area contributed by atoms with Gasteiger partial charge in [0.25, 0.3) is 0 Å². The van der Waals surface area contributed by atoms with Crippen LogP contribution in [0.5, 0.6) is 0 Å². The Kier molecular flexibility index (Phi) is 5.18. The molecule has 2 N–H and O–H groups in total. The van der Waals surface area contributed by atoms with E-state index in [4.69, 9.17) is 10.5 Å². The predicted molar refractivity (Wildman–Crippen MR) is 76.9 cm³/mol. The lowest BCUT2D eigenvalue weighted by atomic mass is 10.0. The van der Waals surface area contributed by atoms with Crippen LogP contribution in [0.2, 0.25) is 0 Å². The molecule has 3 unspecified atom stereocenters. The molecule has 18 heavy (non-hydrogen) atoms. The van der Waals surface area contributed by atoms with E-state index < -0.39 is 0 Å². The molecule has 102 valence electrons. The van der Waals surface area contributed by atoms with Gasteiger partial charge in [0, 0.05) is 30.6 Å². The summed E-state index contributed by atoms with van der Waals surface area (Å²) in [7, 11) is 0. The van der Waals surface area contributed by atoms with Crippen LogP contribution in [-0.4, -0.2) is 36.7 Å². The normalized spacial score (nSPS) is 25.6. The van der Waals surface area contributed by atoms with Crippen LogP contribution >= 0.6 is 11.3 Å². The highest BCUT2D eigenvalue weighted by Crippen LogP contribution is 2.30. The number of hydrogen-bond donors (Lipinski definition) is 1. The lowest BCUT2D eigenvalue weighted by Gasteiger charge is -2.34. The van der Waals surface area contributed by atoms with Gasteiger partial charge in [0.2, 0.25) is 0 Å². The van der Waals surface area contributed by atoms with Crippen molar-refractivity contribution in [2.24, 2.45) is 5.73 Å². The number of nitrogens with two attached hydrogens (primary N) is 1. The second kappa shape index (κ2) is 6.66. The summed E-state index contributed by atoms with van der Waals surface area (Å²) in [4.78, 5) is 3.90. The van der Waals surface area contributed by atoms with Crippen LogP contribution in [0.25, 0.3) is 0 Å². The lowest BCUT2D eigenvalue weighted by Crippen LogP contribution is -2.43. The molecule has 1 fully saturated rings. The van der Waals surface area contributed by atoms with E-state index in [0.29, 0.717) is 12.1 Å². The maximum absolute atomic E-state index is 6.36. The lowest BCUT2D eigenvalue weighted by molar-refractivity contribution is 0.0579. The molecule has 0 aromatic carbocycles. The van der Waals surface area contributed by atoms with Gasteiger partial charge < -0.3 is 10.5 Å². The van der Waals surface area contributed by atoms with Crippen molar-refractivity contribution in [3.63, 3.8) is 0 Å². The van der Waals surface area contributed by atoms with Crippen LogP contribution in [0.4, 0.5) is 0 Å². The molecule has 3 atom stereocenters. The van der Waals surface area contributed by atoms with Gasteiger partial charge in [-0.05, 0) is 31.2 Å². The third kappa shape index (κ3) is 3.32. The highest BCUT2D eigenvalue weighted by molar-refractivity contribution is 7.10. The van der Waals surface area contributed by atoms with Crippen LogP contribution in [0, 0.1) is 0 Å². The fourth-order valence-electron chi connectivity index (χ4n) is 2.62. The van der Waals surface area contributed by atoms with Crippen molar-refractivity contribution in [3.05, 3.63) is 22.4 Å². The zero-order valence-corrected chi connectivity index (χ0v) is 12.2. The van der Waals surface area contributed by atoms with Gasteiger partial charge in [-0.15, -0.1) is 11.3 Å². The first-order valence-corrected chi connectivity index (χ1v) is 7.75. The molecule has 0 amide bonds. The van der Waals surface area contributed by atoms with E-state index in [1.807, 2.05) is 11.3 Å². The molecule has 0 bridgehead atoms. The van der Waals surface area contributed by atoms with Gasteiger partial charge in [0.05, 0.1) is 12.1 Å². The summed E-state index contributed by atoms with van der Waals surface area (Å²) in [6.45, 7) is 7.26. The minimum atomic E-state index is 0.203. The maximum atomic E-state index is 6.36. The van der Waals surface area contributed by atoms with Crippen molar-refractivity contribution < 1.29 is 4.74 Å². The van der Waals surface area contributed by atoms with E-state index in [-0.39, 0.29) is 6.04 Å². The molecule has 1 saturated heterocycles. The first-order valence-electron chi connectivity index (χ1n) is 6.87. The Morgan fingerprint density at radius 3 is 3.11 bits per heavy atom. The van der Waals surface area contributed by atoms with Crippen LogP contribution in [-0.2, 0) is 4.74 Å². The molecule has 0 spiro atoms. The molecule has 3 nitrogen and oxygen atoms in total. The molecule has 2 rings (SSSR count). The summed E-state index contributed by atoms with van der Waals surface area (Å²) >= 11 is 1.81. The average Bonchev–Trinajstić information content (AvgIpc) is 2.79. The molecular weight excluding hydrogens is 244 g/mol. The summed E-state index contributed by atoms with van der Waals surface area (Å²) in [5.74, 6) is 0. The molecule has 1 aliphatic heterocycles. The van der Waals surface area contributed by atoms with Crippen LogP contribution in [0.3, 0.4) is 0 Å². The predicted octanol–water partition coefficient (Wildman–Crippen LogP) is 2.64. The van der Waals surface area contributed by atoms with Crippen molar-refractivity contribution in [1.29, 1.82) is 0 Å². The summed E-state index contributed by atoms with van der Waals surface area (Å²) in [5, 5.41) is 2.14.